The van der Waals surface area contributed by atoms with Crippen LogP contribution in [0.1, 0.15) is 24.0 Å². The number of hydrogen-bond donors (Lipinski definition) is 3. The summed E-state index contributed by atoms with van der Waals surface area (Å²) in [5.74, 6) is -0.230. The first-order chi connectivity index (χ1) is 13.9. The number of fused-ring (bicyclic) bond motifs is 2. The highest BCUT2D eigenvalue weighted by Crippen LogP contribution is 2.44. The van der Waals surface area contributed by atoms with Crippen LogP contribution < -0.4 is 16.0 Å². The fraction of sp³-hybridized carbons (Fsp3) is 0.364. The van der Waals surface area contributed by atoms with E-state index in [2.05, 4.69) is 22.2 Å². The molecule has 0 saturated carbocycles. The molecule has 2 amide bonds. The zero-order valence-electron chi connectivity index (χ0n) is 16.5. The summed E-state index contributed by atoms with van der Waals surface area (Å²) in [6, 6.07) is 11.8. The molecular weight excluding hydrogens is 389 g/mol. The minimum atomic E-state index is -0.964. The minimum Gasteiger partial charge on any atom is -0.327 e. The lowest BCUT2D eigenvalue weighted by molar-refractivity contribution is -0.732. The molecule has 0 unspecified atom stereocenters. The number of amides is 2. The average molecular weight is 415 g/mol. The lowest BCUT2D eigenvalue weighted by Crippen LogP contribution is -2.98. The Bertz CT molecular complexity index is 950. The van der Waals surface area contributed by atoms with Crippen LogP contribution in [-0.2, 0) is 15.1 Å². The summed E-state index contributed by atoms with van der Waals surface area (Å²) < 4.78 is 13.2. The van der Waals surface area contributed by atoms with Crippen LogP contribution in [0.15, 0.2) is 42.5 Å². The second-order valence-electron chi connectivity index (χ2n) is 7.86. The summed E-state index contributed by atoms with van der Waals surface area (Å²) in [7, 11) is 0. The summed E-state index contributed by atoms with van der Waals surface area (Å²) in [5.41, 5.74) is 2.28. The Morgan fingerprint density at radius 1 is 1.31 bits per heavy atom. The zero-order chi connectivity index (χ0) is 20.6. The van der Waals surface area contributed by atoms with E-state index in [0.29, 0.717) is 12.1 Å². The second kappa shape index (κ2) is 7.80. The van der Waals surface area contributed by atoms with Gasteiger partial charge in [-0.3, -0.25) is 9.59 Å². The number of anilines is 2. The van der Waals surface area contributed by atoms with Crippen LogP contribution >= 0.6 is 11.8 Å². The van der Waals surface area contributed by atoms with Gasteiger partial charge in [0.05, 0.1) is 11.7 Å². The zero-order valence-corrected chi connectivity index (χ0v) is 17.3. The van der Waals surface area contributed by atoms with Crippen molar-refractivity contribution in [3.8, 4) is 0 Å². The first-order valence-corrected chi connectivity index (χ1v) is 11.2. The number of rotatable bonds is 5. The number of quaternary nitrogens is 1. The summed E-state index contributed by atoms with van der Waals surface area (Å²) in [4.78, 5) is 26.5. The Hall–Kier alpha value is -2.38. The molecule has 2 aliphatic rings. The third-order valence-electron chi connectivity index (χ3n) is 5.95. The predicted octanol–water partition coefficient (Wildman–Crippen LogP) is 2.63. The molecule has 1 saturated heterocycles. The highest BCUT2D eigenvalue weighted by Gasteiger charge is 2.64. The van der Waals surface area contributed by atoms with E-state index in [9.17, 15) is 14.0 Å². The van der Waals surface area contributed by atoms with E-state index >= 15 is 0 Å². The molecule has 0 radical (unpaired) electrons. The van der Waals surface area contributed by atoms with Crippen molar-refractivity contribution < 1.29 is 19.3 Å². The molecule has 1 spiro atoms. The van der Waals surface area contributed by atoms with Crippen molar-refractivity contribution in [2.75, 3.05) is 22.6 Å². The number of nitrogens with one attached hydrogen (secondary N) is 2. The summed E-state index contributed by atoms with van der Waals surface area (Å²) in [5, 5.41) is 7.98. The molecule has 7 heteroatoms. The van der Waals surface area contributed by atoms with Crippen molar-refractivity contribution in [3.63, 3.8) is 0 Å². The highest BCUT2D eigenvalue weighted by molar-refractivity contribution is 7.98. The Morgan fingerprint density at radius 3 is 2.79 bits per heavy atom. The van der Waals surface area contributed by atoms with E-state index in [1.54, 1.807) is 11.8 Å². The smallest absolute Gasteiger partial charge is 0.291 e. The van der Waals surface area contributed by atoms with E-state index < -0.39 is 11.5 Å². The number of carbonyl (C=O) groups is 2. The summed E-state index contributed by atoms with van der Waals surface area (Å²) in [6.07, 6.45) is 3.61. The van der Waals surface area contributed by atoms with Crippen molar-refractivity contribution in [2.24, 2.45) is 5.92 Å². The van der Waals surface area contributed by atoms with Gasteiger partial charge in [0.25, 0.3) is 5.91 Å². The normalized spacial score (nSPS) is 25.1. The molecule has 2 aliphatic heterocycles. The van der Waals surface area contributed by atoms with Crippen molar-refractivity contribution in [1.82, 2.24) is 0 Å². The molecule has 0 bridgehead atoms. The van der Waals surface area contributed by atoms with Gasteiger partial charge in [0.1, 0.15) is 11.7 Å². The van der Waals surface area contributed by atoms with E-state index in [1.807, 2.05) is 25.1 Å². The Kier molecular flexibility index (Phi) is 5.36. The molecule has 29 heavy (non-hydrogen) atoms. The van der Waals surface area contributed by atoms with E-state index in [4.69, 9.17) is 0 Å². The van der Waals surface area contributed by atoms with Crippen molar-refractivity contribution >= 4 is 35.0 Å². The number of benzene rings is 2. The van der Waals surface area contributed by atoms with Crippen LogP contribution in [0, 0.1) is 18.7 Å². The van der Waals surface area contributed by atoms with Crippen molar-refractivity contribution in [2.45, 2.75) is 31.3 Å². The number of thioether (sulfide) groups is 1. The van der Waals surface area contributed by atoms with Gasteiger partial charge in [0, 0.05) is 24.1 Å². The largest absolute Gasteiger partial charge is 0.327 e. The van der Waals surface area contributed by atoms with Crippen LogP contribution in [0.25, 0.3) is 0 Å². The lowest BCUT2D eigenvalue weighted by Gasteiger charge is -2.26. The van der Waals surface area contributed by atoms with E-state index in [0.717, 1.165) is 29.0 Å². The monoisotopic (exact) mass is 414 g/mol. The van der Waals surface area contributed by atoms with Gasteiger partial charge in [-0.25, -0.2) is 4.39 Å². The number of halogens is 1. The number of nitrogens with two attached hydrogens (primary N) is 1. The molecule has 1 fully saturated rings. The molecule has 0 aromatic heterocycles. The van der Waals surface area contributed by atoms with Crippen LogP contribution in [0.2, 0.25) is 0 Å². The fourth-order valence-corrected chi connectivity index (χ4v) is 5.10. The Labute approximate surface area is 173 Å². The van der Waals surface area contributed by atoms with Gasteiger partial charge in [-0.05, 0) is 55.3 Å². The van der Waals surface area contributed by atoms with E-state index in [1.165, 1.54) is 24.3 Å². The number of hydrogen-bond acceptors (Lipinski definition) is 3. The van der Waals surface area contributed by atoms with Gasteiger partial charge in [-0.15, -0.1) is 0 Å². The van der Waals surface area contributed by atoms with Crippen molar-refractivity contribution in [1.29, 1.82) is 0 Å². The maximum absolute atomic E-state index is 13.3. The maximum Gasteiger partial charge on any atom is 0.291 e. The van der Waals surface area contributed by atoms with Gasteiger partial charge in [0.15, 0.2) is 0 Å². The molecule has 4 rings (SSSR count). The third-order valence-corrected chi connectivity index (χ3v) is 6.60. The number of aryl methyl sites for hydroxylation is 1. The lowest BCUT2D eigenvalue weighted by atomic mass is 9.79. The van der Waals surface area contributed by atoms with Gasteiger partial charge >= 0.3 is 0 Å². The molecular formula is C22H25FN3O2S+. The topological polar surface area (TPSA) is 74.8 Å². The maximum atomic E-state index is 13.3. The molecule has 5 nitrogen and oxygen atoms in total. The molecule has 2 heterocycles. The Morgan fingerprint density at radius 2 is 2.07 bits per heavy atom. The van der Waals surface area contributed by atoms with Crippen LogP contribution in [0.4, 0.5) is 15.8 Å². The molecule has 2 aromatic carbocycles. The molecule has 2 aromatic rings. The first kappa shape index (κ1) is 19.9. The predicted molar refractivity (Wildman–Crippen MR) is 113 cm³/mol. The third kappa shape index (κ3) is 3.53. The van der Waals surface area contributed by atoms with Gasteiger partial charge in [-0.1, -0.05) is 11.6 Å². The Balaban J connectivity index is 1.70. The molecule has 0 aliphatic carbocycles. The van der Waals surface area contributed by atoms with Gasteiger partial charge in [0.2, 0.25) is 11.4 Å². The van der Waals surface area contributed by atoms with Crippen LogP contribution in [0.3, 0.4) is 0 Å². The average Bonchev–Trinajstić information content (AvgIpc) is 3.22. The molecule has 152 valence electrons. The van der Waals surface area contributed by atoms with Gasteiger partial charge in [-0.2, -0.15) is 11.8 Å². The second-order valence-corrected chi connectivity index (χ2v) is 8.85. The number of carbonyl (C=O) groups excluding carboxylic acids is 2. The summed E-state index contributed by atoms with van der Waals surface area (Å²) in [6.45, 7) is 1.99. The standard InChI is InChI=1S/C22H24FN3O2S/c1-13-3-8-19-17(11-13)22(21(28)25-19)18(12-16(26-22)9-10-29-2)20(27)24-15-6-4-14(23)5-7-15/h3-8,11,16,18,26H,9-10,12H2,1-2H3,(H,24,27)(H,25,28)/p+1/t16-,18+,22-/m0/s1. The quantitative estimate of drug-likeness (QED) is 0.704. The van der Waals surface area contributed by atoms with Crippen LogP contribution in [0.5, 0.6) is 0 Å². The van der Waals surface area contributed by atoms with Crippen molar-refractivity contribution in [3.05, 3.63) is 59.4 Å². The summed E-state index contributed by atoms with van der Waals surface area (Å²) >= 11 is 1.77. The first-order valence-electron chi connectivity index (χ1n) is 9.78. The van der Waals surface area contributed by atoms with Crippen LogP contribution in [-0.4, -0.2) is 29.9 Å². The molecule has 3 atom stereocenters. The highest BCUT2D eigenvalue weighted by atomic mass is 32.2. The minimum absolute atomic E-state index is 0.135. The van der Waals surface area contributed by atoms with Gasteiger partial charge < -0.3 is 16.0 Å². The fourth-order valence-electron chi connectivity index (χ4n) is 4.56. The van der Waals surface area contributed by atoms with E-state index in [-0.39, 0.29) is 23.7 Å². The SMILES string of the molecule is CSCC[C@H]1C[C@H](C(=O)Nc2ccc(F)cc2)[C@]2([NH2+]1)C(=O)Nc1ccc(C)cc12. The molecule has 4 N–H and O–H groups in total.